The number of benzene rings is 1. The van der Waals surface area contributed by atoms with Gasteiger partial charge in [0.25, 0.3) is 0 Å². The summed E-state index contributed by atoms with van der Waals surface area (Å²) in [5.74, 6) is -0.214. The molecule has 0 bridgehead atoms. The molecule has 1 aliphatic carbocycles. The molecule has 1 aromatic rings. The molecule has 0 unspecified atom stereocenters. The van der Waals surface area contributed by atoms with Crippen LogP contribution in [-0.2, 0) is 11.2 Å². The summed E-state index contributed by atoms with van der Waals surface area (Å²) in [6, 6.07) is 6.43. The predicted octanol–water partition coefficient (Wildman–Crippen LogP) is 2.07. The molecule has 86 valence electrons. The number of hydrogen-bond acceptors (Lipinski definition) is 2. The maximum atomic E-state index is 13.4. The van der Waals surface area contributed by atoms with E-state index in [1.807, 2.05) is 0 Å². The van der Waals surface area contributed by atoms with E-state index in [0.717, 1.165) is 19.3 Å². The van der Waals surface area contributed by atoms with Crippen LogP contribution in [0.25, 0.3) is 0 Å². The fourth-order valence-corrected chi connectivity index (χ4v) is 2.20. The second-order valence-corrected chi connectivity index (χ2v) is 4.53. The molecular weight excluding hydrogens is 205 g/mol. The Bertz CT molecular complexity index is 393. The molecule has 0 saturated heterocycles. The standard InChI is InChI=1S/C13H16FNO/c14-11-5-2-1-4-10(11)8-12(16)13(9-15)6-3-7-13/h1-2,4-5H,3,6-9,15H2. The maximum Gasteiger partial charge on any atom is 0.144 e. The van der Waals surface area contributed by atoms with Gasteiger partial charge in [0, 0.05) is 18.4 Å². The van der Waals surface area contributed by atoms with Crippen LogP contribution in [-0.4, -0.2) is 12.3 Å². The van der Waals surface area contributed by atoms with Crippen LogP contribution in [0.15, 0.2) is 24.3 Å². The molecular formula is C13H16FNO. The largest absolute Gasteiger partial charge is 0.329 e. The van der Waals surface area contributed by atoms with Gasteiger partial charge in [0.15, 0.2) is 0 Å². The minimum absolute atomic E-state index is 0.0892. The summed E-state index contributed by atoms with van der Waals surface area (Å²) in [6.07, 6.45) is 2.94. The zero-order chi connectivity index (χ0) is 11.6. The highest BCUT2D eigenvalue weighted by Crippen LogP contribution is 2.41. The number of carbonyl (C=O) groups is 1. The van der Waals surface area contributed by atoms with E-state index in [-0.39, 0.29) is 23.4 Å². The lowest BCUT2D eigenvalue weighted by atomic mass is 9.65. The van der Waals surface area contributed by atoms with Gasteiger partial charge in [0.1, 0.15) is 11.6 Å². The Morgan fingerprint density at radius 2 is 2.06 bits per heavy atom. The molecule has 0 aliphatic heterocycles. The van der Waals surface area contributed by atoms with Crippen LogP contribution < -0.4 is 5.73 Å². The van der Waals surface area contributed by atoms with Crippen molar-refractivity contribution in [1.29, 1.82) is 0 Å². The zero-order valence-electron chi connectivity index (χ0n) is 9.21. The first-order valence-corrected chi connectivity index (χ1v) is 5.65. The topological polar surface area (TPSA) is 43.1 Å². The predicted molar refractivity (Wildman–Crippen MR) is 60.4 cm³/mol. The second kappa shape index (κ2) is 4.34. The minimum atomic E-state index is -0.359. The third-order valence-corrected chi connectivity index (χ3v) is 3.60. The van der Waals surface area contributed by atoms with Gasteiger partial charge in [-0.25, -0.2) is 4.39 Å². The minimum Gasteiger partial charge on any atom is -0.329 e. The van der Waals surface area contributed by atoms with Crippen molar-refractivity contribution in [2.24, 2.45) is 11.1 Å². The Labute approximate surface area is 94.6 Å². The van der Waals surface area contributed by atoms with Gasteiger partial charge in [0.05, 0.1) is 0 Å². The van der Waals surface area contributed by atoms with E-state index in [4.69, 9.17) is 5.73 Å². The Hall–Kier alpha value is -1.22. The molecule has 2 rings (SSSR count). The van der Waals surface area contributed by atoms with Crippen LogP contribution in [0.4, 0.5) is 4.39 Å². The Kier molecular flexibility index (Phi) is 3.06. The second-order valence-electron chi connectivity index (χ2n) is 4.53. The Morgan fingerprint density at radius 1 is 1.38 bits per heavy atom. The third-order valence-electron chi connectivity index (χ3n) is 3.60. The molecule has 3 heteroatoms. The number of Topliss-reactive ketones (excluding diaryl/α,β-unsaturated/α-hetero) is 1. The van der Waals surface area contributed by atoms with Crippen molar-refractivity contribution in [2.75, 3.05) is 6.54 Å². The van der Waals surface area contributed by atoms with Crippen LogP contribution >= 0.6 is 0 Å². The maximum absolute atomic E-state index is 13.4. The van der Waals surface area contributed by atoms with Gasteiger partial charge >= 0.3 is 0 Å². The molecule has 0 heterocycles. The molecule has 2 N–H and O–H groups in total. The molecule has 1 aliphatic rings. The van der Waals surface area contributed by atoms with E-state index in [1.54, 1.807) is 18.2 Å². The molecule has 0 radical (unpaired) electrons. The molecule has 2 nitrogen and oxygen atoms in total. The quantitative estimate of drug-likeness (QED) is 0.845. The van der Waals surface area contributed by atoms with Gasteiger partial charge in [0.2, 0.25) is 0 Å². The van der Waals surface area contributed by atoms with Crippen LogP contribution in [0.2, 0.25) is 0 Å². The monoisotopic (exact) mass is 221 g/mol. The Morgan fingerprint density at radius 3 is 2.56 bits per heavy atom. The van der Waals surface area contributed by atoms with Gasteiger partial charge < -0.3 is 5.73 Å². The summed E-state index contributed by atoms with van der Waals surface area (Å²) >= 11 is 0. The number of hydrogen-bond donors (Lipinski definition) is 1. The highest BCUT2D eigenvalue weighted by Gasteiger charge is 2.42. The summed E-state index contributed by atoms with van der Waals surface area (Å²) in [4.78, 5) is 12.1. The number of ketones is 1. The lowest BCUT2D eigenvalue weighted by Crippen LogP contribution is -2.45. The number of carbonyl (C=O) groups excluding carboxylic acids is 1. The van der Waals surface area contributed by atoms with Crippen LogP contribution in [0, 0.1) is 11.2 Å². The van der Waals surface area contributed by atoms with Crippen molar-refractivity contribution in [2.45, 2.75) is 25.7 Å². The highest BCUT2D eigenvalue weighted by molar-refractivity contribution is 5.87. The van der Waals surface area contributed by atoms with Crippen LogP contribution in [0.5, 0.6) is 0 Å². The first-order valence-electron chi connectivity index (χ1n) is 5.65. The van der Waals surface area contributed by atoms with Crippen molar-refractivity contribution in [3.63, 3.8) is 0 Å². The van der Waals surface area contributed by atoms with Gasteiger partial charge in [-0.3, -0.25) is 4.79 Å². The van der Waals surface area contributed by atoms with Gasteiger partial charge in [-0.15, -0.1) is 0 Å². The van der Waals surface area contributed by atoms with E-state index in [0.29, 0.717) is 12.1 Å². The average molecular weight is 221 g/mol. The zero-order valence-corrected chi connectivity index (χ0v) is 9.21. The highest BCUT2D eigenvalue weighted by atomic mass is 19.1. The van der Waals surface area contributed by atoms with Crippen molar-refractivity contribution in [1.82, 2.24) is 0 Å². The molecule has 0 aromatic heterocycles. The first-order chi connectivity index (χ1) is 7.68. The average Bonchev–Trinajstić information content (AvgIpc) is 2.21. The molecule has 1 aromatic carbocycles. The summed E-state index contributed by atoms with van der Waals surface area (Å²) < 4.78 is 13.4. The molecule has 1 fully saturated rings. The SMILES string of the molecule is NCC1(C(=O)Cc2ccccc2F)CCC1. The van der Waals surface area contributed by atoms with Gasteiger partial charge in [-0.05, 0) is 24.5 Å². The molecule has 0 atom stereocenters. The van der Waals surface area contributed by atoms with Gasteiger partial charge in [-0.2, -0.15) is 0 Å². The Balaban J connectivity index is 2.10. The van der Waals surface area contributed by atoms with Crippen molar-refractivity contribution >= 4 is 5.78 Å². The number of rotatable bonds is 4. The lowest BCUT2D eigenvalue weighted by Gasteiger charge is -2.39. The number of halogens is 1. The fourth-order valence-electron chi connectivity index (χ4n) is 2.20. The molecule has 0 spiro atoms. The normalized spacial score (nSPS) is 17.9. The van der Waals surface area contributed by atoms with E-state index in [9.17, 15) is 9.18 Å². The molecule has 1 saturated carbocycles. The van der Waals surface area contributed by atoms with Crippen molar-refractivity contribution in [3.8, 4) is 0 Å². The lowest BCUT2D eigenvalue weighted by molar-refractivity contribution is -0.132. The van der Waals surface area contributed by atoms with Crippen molar-refractivity contribution < 1.29 is 9.18 Å². The van der Waals surface area contributed by atoms with E-state index < -0.39 is 0 Å². The summed E-state index contributed by atoms with van der Waals surface area (Å²) in [6.45, 7) is 0.389. The third kappa shape index (κ3) is 1.87. The van der Waals surface area contributed by atoms with Crippen LogP contribution in [0.1, 0.15) is 24.8 Å². The summed E-state index contributed by atoms with van der Waals surface area (Å²) in [5.41, 5.74) is 5.77. The fraction of sp³-hybridized carbons (Fsp3) is 0.462. The summed E-state index contributed by atoms with van der Waals surface area (Å²) in [5, 5.41) is 0. The van der Waals surface area contributed by atoms with Gasteiger partial charge in [-0.1, -0.05) is 24.6 Å². The van der Waals surface area contributed by atoms with E-state index in [2.05, 4.69) is 0 Å². The summed E-state index contributed by atoms with van der Waals surface area (Å²) in [7, 11) is 0. The van der Waals surface area contributed by atoms with E-state index in [1.165, 1.54) is 6.07 Å². The first kappa shape index (κ1) is 11.3. The van der Waals surface area contributed by atoms with Crippen molar-refractivity contribution in [3.05, 3.63) is 35.6 Å². The smallest absolute Gasteiger partial charge is 0.144 e. The number of nitrogens with two attached hydrogens (primary N) is 1. The van der Waals surface area contributed by atoms with E-state index >= 15 is 0 Å². The molecule has 16 heavy (non-hydrogen) atoms. The van der Waals surface area contributed by atoms with Crippen LogP contribution in [0.3, 0.4) is 0 Å². The molecule has 0 amide bonds.